The van der Waals surface area contributed by atoms with Gasteiger partial charge in [0.2, 0.25) is 11.8 Å². The highest BCUT2D eigenvalue weighted by atomic mass is 32.1. The fourth-order valence-electron chi connectivity index (χ4n) is 1.83. The molecular formula is C14H25N3O6S. The molecule has 2 amide bonds. The molecule has 0 radical (unpaired) electrons. The first kappa shape index (κ1) is 22.2. The topological polar surface area (TPSA) is 159 Å². The molecule has 0 rings (SSSR count). The van der Waals surface area contributed by atoms with Gasteiger partial charge in [-0.1, -0.05) is 20.3 Å². The lowest BCUT2D eigenvalue weighted by molar-refractivity contribution is -0.143. The molecule has 0 spiro atoms. The summed E-state index contributed by atoms with van der Waals surface area (Å²) in [4.78, 5) is 46.0. The standard InChI is InChI=1S/C14H25N3O6S/c1-3-7(2)11(17-12(20)8(15)6-24)13(21)16-9(14(22)23)4-5-10(18)19/h7-9,11,24H,3-6,15H2,1-2H3,(H,16,21)(H,17,20)(H,18,19)(H,22,23). The van der Waals surface area contributed by atoms with E-state index >= 15 is 0 Å². The van der Waals surface area contributed by atoms with Gasteiger partial charge in [0.25, 0.3) is 0 Å². The molecule has 24 heavy (non-hydrogen) atoms. The van der Waals surface area contributed by atoms with Gasteiger partial charge in [0.05, 0.1) is 6.04 Å². The number of carboxylic acid groups (broad SMARTS) is 2. The molecule has 0 fully saturated rings. The second kappa shape index (κ2) is 10.9. The molecule has 0 saturated carbocycles. The lowest BCUT2D eigenvalue weighted by atomic mass is 9.97. The molecule has 0 aromatic heterocycles. The van der Waals surface area contributed by atoms with Crippen molar-refractivity contribution in [2.45, 2.75) is 51.2 Å². The van der Waals surface area contributed by atoms with Crippen LogP contribution in [-0.2, 0) is 19.2 Å². The average Bonchev–Trinajstić information content (AvgIpc) is 2.53. The van der Waals surface area contributed by atoms with E-state index < -0.39 is 48.3 Å². The Morgan fingerprint density at radius 1 is 1.12 bits per heavy atom. The Morgan fingerprint density at radius 3 is 2.12 bits per heavy atom. The predicted molar refractivity (Wildman–Crippen MR) is 89.7 cm³/mol. The van der Waals surface area contributed by atoms with Gasteiger partial charge in [-0.2, -0.15) is 12.6 Å². The summed E-state index contributed by atoms with van der Waals surface area (Å²) in [5, 5.41) is 22.5. The highest BCUT2D eigenvalue weighted by Crippen LogP contribution is 2.10. The van der Waals surface area contributed by atoms with Gasteiger partial charge in [0.15, 0.2) is 0 Å². The van der Waals surface area contributed by atoms with E-state index in [2.05, 4.69) is 23.3 Å². The number of aliphatic carboxylic acids is 2. The van der Waals surface area contributed by atoms with Crippen LogP contribution in [0.2, 0.25) is 0 Å². The van der Waals surface area contributed by atoms with Crippen LogP contribution in [0.15, 0.2) is 0 Å². The fraction of sp³-hybridized carbons (Fsp3) is 0.714. The Balaban J connectivity index is 5.05. The van der Waals surface area contributed by atoms with Gasteiger partial charge >= 0.3 is 11.9 Å². The number of hydrogen-bond donors (Lipinski definition) is 6. The molecule has 4 unspecified atom stereocenters. The molecule has 0 aromatic rings. The minimum atomic E-state index is -1.35. The van der Waals surface area contributed by atoms with E-state index in [4.69, 9.17) is 15.9 Å². The maximum Gasteiger partial charge on any atom is 0.326 e. The highest BCUT2D eigenvalue weighted by Gasteiger charge is 2.30. The summed E-state index contributed by atoms with van der Waals surface area (Å²) in [6.45, 7) is 3.54. The summed E-state index contributed by atoms with van der Waals surface area (Å²) >= 11 is 3.91. The molecule has 138 valence electrons. The van der Waals surface area contributed by atoms with Gasteiger partial charge in [-0.25, -0.2) is 4.79 Å². The first-order valence-corrected chi connectivity index (χ1v) is 8.19. The second-order valence-electron chi connectivity index (χ2n) is 5.49. The lowest BCUT2D eigenvalue weighted by Crippen LogP contribution is -2.57. The van der Waals surface area contributed by atoms with Crippen molar-refractivity contribution in [3.8, 4) is 0 Å². The predicted octanol–water partition coefficient (Wildman–Crippen LogP) is -0.791. The number of rotatable bonds is 11. The Hall–Kier alpha value is -1.81. The molecule has 9 nitrogen and oxygen atoms in total. The summed E-state index contributed by atoms with van der Waals surface area (Å²) < 4.78 is 0. The Labute approximate surface area is 145 Å². The minimum absolute atomic E-state index is 0.0943. The molecule has 4 atom stereocenters. The monoisotopic (exact) mass is 363 g/mol. The van der Waals surface area contributed by atoms with Crippen LogP contribution in [0.3, 0.4) is 0 Å². The molecule has 10 heteroatoms. The second-order valence-corrected chi connectivity index (χ2v) is 5.86. The highest BCUT2D eigenvalue weighted by molar-refractivity contribution is 7.80. The maximum absolute atomic E-state index is 12.4. The summed E-state index contributed by atoms with van der Waals surface area (Å²) in [5.41, 5.74) is 5.56. The van der Waals surface area contributed by atoms with Crippen LogP contribution in [0, 0.1) is 5.92 Å². The third-order valence-electron chi connectivity index (χ3n) is 3.59. The van der Waals surface area contributed by atoms with E-state index in [0.717, 1.165) is 0 Å². The summed E-state index contributed by atoms with van der Waals surface area (Å²) in [5.74, 6) is -3.94. The van der Waals surface area contributed by atoms with E-state index in [1.54, 1.807) is 6.92 Å². The molecule has 0 saturated heterocycles. The first-order chi connectivity index (χ1) is 11.1. The van der Waals surface area contributed by atoms with E-state index in [9.17, 15) is 19.2 Å². The maximum atomic E-state index is 12.4. The number of thiol groups is 1. The lowest BCUT2D eigenvalue weighted by Gasteiger charge is -2.26. The van der Waals surface area contributed by atoms with E-state index in [1.807, 2.05) is 6.92 Å². The van der Waals surface area contributed by atoms with Crippen molar-refractivity contribution >= 4 is 36.4 Å². The number of carboxylic acids is 2. The number of hydrogen-bond acceptors (Lipinski definition) is 6. The van der Waals surface area contributed by atoms with Gasteiger partial charge in [-0.05, 0) is 12.3 Å². The molecule has 0 aliphatic rings. The van der Waals surface area contributed by atoms with E-state index in [-0.39, 0.29) is 18.1 Å². The molecule has 0 bridgehead atoms. The van der Waals surface area contributed by atoms with Gasteiger partial charge < -0.3 is 26.6 Å². The number of carbonyl (C=O) groups is 4. The summed E-state index contributed by atoms with van der Waals surface area (Å²) in [6.07, 6.45) is -0.1000. The molecule has 0 aliphatic carbocycles. The van der Waals surface area contributed by atoms with Crippen molar-refractivity contribution < 1.29 is 29.4 Å². The van der Waals surface area contributed by atoms with Crippen molar-refractivity contribution in [1.82, 2.24) is 10.6 Å². The van der Waals surface area contributed by atoms with Crippen LogP contribution >= 0.6 is 12.6 Å². The van der Waals surface area contributed by atoms with Gasteiger partial charge in [0.1, 0.15) is 12.1 Å². The number of nitrogens with two attached hydrogens (primary N) is 1. The third kappa shape index (κ3) is 7.64. The van der Waals surface area contributed by atoms with Crippen molar-refractivity contribution in [2.24, 2.45) is 11.7 Å². The van der Waals surface area contributed by atoms with Crippen LogP contribution < -0.4 is 16.4 Å². The van der Waals surface area contributed by atoms with Crippen molar-refractivity contribution in [3.63, 3.8) is 0 Å². The van der Waals surface area contributed by atoms with Crippen LogP contribution in [0.25, 0.3) is 0 Å². The quantitative estimate of drug-likeness (QED) is 0.262. The Morgan fingerprint density at radius 2 is 1.71 bits per heavy atom. The van der Waals surface area contributed by atoms with Crippen LogP contribution in [0.4, 0.5) is 0 Å². The van der Waals surface area contributed by atoms with E-state index in [1.165, 1.54) is 0 Å². The molecular weight excluding hydrogens is 338 g/mol. The molecule has 6 N–H and O–H groups in total. The molecule has 0 aliphatic heterocycles. The van der Waals surface area contributed by atoms with Crippen molar-refractivity contribution in [1.29, 1.82) is 0 Å². The van der Waals surface area contributed by atoms with Crippen LogP contribution in [-0.4, -0.2) is 57.8 Å². The SMILES string of the molecule is CCC(C)C(NC(=O)C(N)CS)C(=O)NC(CCC(=O)O)C(=O)O. The van der Waals surface area contributed by atoms with Crippen molar-refractivity contribution in [3.05, 3.63) is 0 Å². The third-order valence-corrected chi connectivity index (χ3v) is 3.98. The molecule has 0 heterocycles. The fourth-order valence-corrected chi connectivity index (χ4v) is 2.00. The first-order valence-electron chi connectivity index (χ1n) is 7.55. The largest absolute Gasteiger partial charge is 0.481 e. The Bertz CT molecular complexity index is 473. The van der Waals surface area contributed by atoms with Gasteiger partial charge in [-0.3, -0.25) is 14.4 Å². The number of nitrogens with one attached hydrogen (secondary N) is 2. The van der Waals surface area contributed by atoms with Gasteiger partial charge in [0, 0.05) is 12.2 Å². The van der Waals surface area contributed by atoms with Crippen molar-refractivity contribution in [2.75, 3.05) is 5.75 Å². The van der Waals surface area contributed by atoms with Gasteiger partial charge in [-0.15, -0.1) is 0 Å². The van der Waals surface area contributed by atoms with E-state index in [0.29, 0.717) is 6.42 Å². The van der Waals surface area contributed by atoms with Crippen LogP contribution in [0.5, 0.6) is 0 Å². The minimum Gasteiger partial charge on any atom is -0.481 e. The zero-order valence-electron chi connectivity index (χ0n) is 13.7. The normalized spacial score (nSPS) is 15.7. The Kier molecular flexibility index (Phi) is 10.0. The summed E-state index contributed by atoms with van der Waals surface area (Å²) in [7, 11) is 0. The average molecular weight is 363 g/mol. The number of amides is 2. The molecule has 0 aromatic carbocycles. The zero-order valence-corrected chi connectivity index (χ0v) is 14.6. The smallest absolute Gasteiger partial charge is 0.326 e. The van der Waals surface area contributed by atoms with Crippen LogP contribution in [0.1, 0.15) is 33.1 Å². The zero-order chi connectivity index (χ0) is 18.9. The summed E-state index contributed by atoms with van der Waals surface area (Å²) in [6, 6.07) is -3.22. The number of carbonyl (C=O) groups excluding carboxylic acids is 2.